The van der Waals surface area contributed by atoms with Crippen LogP contribution in [0, 0.1) is 0 Å². The van der Waals surface area contributed by atoms with Gasteiger partial charge in [0, 0.05) is 17.1 Å². The molecule has 5 nitrogen and oxygen atoms in total. The van der Waals surface area contributed by atoms with Gasteiger partial charge in [0.25, 0.3) is 0 Å². The second-order valence-corrected chi connectivity index (χ2v) is 7.63. The molecule has 1 aromatic carbocycles. The lowest BCUT2D eigenvalue weighted by atomic mass is 9.96. The summed E-state index contributed by atoms with van der Waals surface area (Å²) in [7, 11) is 0. The third-order valence-electron chi connectivity index (χ3n) is 4.18. The molecular formula is C17H23ClN2O3S. The van der Waals surface area contributed by atoms with Gasteiger partial charge in [-0.2, -0.15) is 0 Å². The molecule has 1 aliphatic carbocycles. The van der Waals surface area contributed by atoms with Gasteiger partial charge in [-0.05, 0) is 49.2 Å². The number of urea groups is 1. The number of halogens is 1. The van der Waals surface area contributed by atoms with Crippen LogP contribution in [0.2, 0.25) is 5.02 Å². The monoisotopic (exact) mass is 370 g/mol. The average Bonchev–Trinajstić information content (AvgIpc) is 2.54. The molecule has 0 heterocycles. The Morgan fingerprint density at radius 3 is 2.42 bits per heavy atom. The summed E-state index contributed by atoms with van der Waals surface area (Å²) in [6, 6.07) is 6.67. The highest BCUT2D eigenvalue weighted by atomic mass is 35.5. The van der Waals surface area contributed by atoms with Crippen LogP contribution in [0.1, 0.15) is 49.8 Å². The second kappa shape index (κ2) is 9.18. The summed E-state index contributed by atoms with van der Waals surface area (Å²) in [5.41, 5.74) is 0.817. The minimum Gasteiger partial charge on any atom is -0.473 e. The summed E-state index contributed by atoms with van der Waals surface area (Å²) in [6.07, 6.45) is 5.52. The maximum absolute atomic E-state index is 12.2. The molecule has 2 amide bonds. The Kier molecular flexibility index (Phi) is 7.24. The summed E-state index contributed by atoms with van der Waals surface area (Å²) in [6.45, 7) is 1.82. The third kappa shape index (κ3) is 5.91. The zero-order chi connectivity index (χ0) is 17.5. The van der Waals surface area contributed by atoms with E-state index < -0.39 is 10.6 Å². The summed E-state index contributed by atoms with van der Waals surface area (Å²) in [5, 5.41) is 14.2. The smallest absolute Gasteiger partial charge is 0.365 e. The van der Waals surface area contributed by atoms with Gasteiger partial charge < -0.3 is 15.7 Å². The van der Waals surface area contributed by atoms with Gasteiger partial charge in [0.15, 0.2) is 0 Å². The van der Waals surface area contributed by atoms with Gasteiger partial charge in [-0.1, -0.05) is 43.0 Å². The van der Waals surface area contributed by atoms with Crippen molar-refractivity contribution in [3.63, 3.8) is 0 Å². The molecule has 0 aromatic heterocycles. The Morgan fingerprint density at radius 1 is 1.21 bits per heavy atom. The number of hydrogen-bond donors (Lipinski definition) is 3. The van der Waals surface area contributed by atoms with Gasteiger partial charge in [0.05, 0.1) is 5.25 Å². The molecule has 1 saturated carbocycles. The minimum atomic E-state index is -0.976. The van der Waals surface area contributed by atoms with Crippen molar-refractivity contribution in [3.05, 3.63) is 34.9 Å². The van der Waals surface area contributed by atoms with Crippen molar-refractivity contribution in [1.82, 2.24) is 10.6 Å². The molecule has 1 aliphatic rings. The Bertz CT molecular complexity index is 561. The van der Waals surface area contributed by atoms with Crippen molar-refractivity contribution >= 4 is 34.7 Å². The number of rotatable bonds is 5. The molecule has 3 N–H and O–H groups in total. The van der Waals surface area contributed by atoms with Crippen molar-refractivity contribution in [1.29, 1.82) is 0 Å². The first kappa shape index (κ1) is 18.9. The molecule has 2 unspecified atom stereocenters. The van der Waals surface area contributed by atoms with E-state index in [0.29, 0.717) is 5.02 Å². The molecule has 1 aromatic rings. The van der Waals surface area contributed by atoms with E-state index in [1.165, 1.54) is 6.42 Å². The third-order valence-corrected chi connectivity index (χ3v) is 5.57. The molecule has 0 radical (unpaired) electrons. The first-order valence-corrected chi connectivity index (χ1v) is 9.43. The van der Waals surface area contributed by atoms with Gasteiger partial charge in [-0.3, -0.25) is 0 Å². The van der Waals surface area contributed by atoms with Gasteiger partial charge in [-0.15, -0.1) is 0 Å². The summed E-state index contributed by atoms with van der Waals surface area (Å²) in [4.78, 5) is 23.4. The zero-order valence-electron chi connectivity index (χ0n) is 13.6. The minimum absolute atomic E-state index is 0.215. The van der Waals surface area contributed by atoms with Crippen molar-refractivity contribution in [3.8, 4) is 0 Å². The molecule has 7 heteroatoms. The van der Waals surface area contributed by atoms with Crippen LogP contribution in [0.4, 0.5) is 9.59 Å². The number of nitrogens with one attached hydrogen (secondary N) is 2. The highest BCUT2D eigenvalue weighted by Crippen LogP contribution is 2.33. The van der Waals surface area contributed by atoms with Gasteiger partial charge in [0.1, 0.15) is 0 Å². The number of hydrogen-bond acceptors (Lipinski definition) is 3. The fourth-order valence-electron chi connectivity index (χ4n) is 2.98. The van der Waals surface area contributed by atoms with Crippen LogP contribution in [0.5, 0.6) is 0 Å². The van der Waals surface area contributed by atoms with E-state index in [0.717, 1.165) is 43.0 Å². The Labute approximate surface area is 151 Å². The van der Waals surface area contributed by atoms with E-state index in [1.807, 2.05) is 6.92 Å². The van der Waals surface area contributed by atoms with Gasteiger partial charge in [-0.25, -0.2) is 9.59 Å². The molecule has 0 saturated heterocycles. The lowest BCUT2D eigenvalue weighted by molar-refractivity contribution is 0.221. The largest absolute Gasteiger partial charge is 0.473 e. The predicted molar refractivity (Wildman–Crippen MR) is 97.8 cm³/mol. The fraction of sp³-hybridized carbons (Fsp3) is 0.529. The molecule has 2 rings (SSSR count). The molecule has 0 aliphatic heterocycles. The van der Waals surface area contributed by atoms with E-state index in [1.54, 1.807) is 24.3 Å². The van der Waals surface area contributed by atoms with Crippen molar-refractivity contribution < 1.29 is 14.7 Å². The van der Waals surface area contributed by atoms with E-state index in [2.05, 4.69) is 10.6 Å². The molecule has 0 spiro atoms. The number of amides is 2. The quantitative estimate of drug-likeness (QED) is 0.694. The van der Waals surface area contributed by atoms with E-state index >= 15 is 0 Å². The Morgan fingerprint density at radius 2 is 1.83 bits per heavy atom. The van der Waals surface area contributed by atoms with Crippen LogP contribution in [-0.4, -0.2) is 28.5 Å². The highest BCUT2D eigenvalue weighted by Gasteiger charge is 2.25. The summed E-state index contributed by atoms with van der Waals surface area (Å²) < 4.78 is 0. The number of carboxylic acid groups (broad SMARTS) is 1. The number of thioether (sulfide) groups is 1. The lowest BCUT2D eigenvalue weighted by Crippen LogP contribution is -2.47. The Hall–Kier alpha value is -1.40. The molecule has 2 atom stereocenters. The van der Waals surface area contributed by atoms with Crippen LogP contribution in [0.25, 0.3) is 0 Å². The average molecular weight is 371 g/mol. The summed E-state index contributed by atoms with van der Waals surface area (Å²) in [5.74, 6) is 0. The van der Waals surface area contributed by atoms with Crippen molar-refractivity contribution in [2.24, 2.45) is 0 Å². The fourth-order valence-corrected chi connectivity index (χ4v) is 3.88. The number of carbonyl (C=O) groups is 2. The molecule has 1 fully saturated rings. The molecule has 24 heavy (non-hydrogen) atoms. The number of carbonyl (C=O) groups excluding carboxylic acids is 1. The van der Waals surface area contributed by atoms with Gasteiger partial charge in [0.2, 0.25) is 0 Å². The standard InChI is InChI=1S/C17H23ClN2O3S/c1-11(19-16(21)20-14-5-3-2-4-6-14)15(24-17(22)23)12-7-9-13(18)10-8-12/h7-11,14-15H,2-6H2,1H3,(H,22,23)(H2,19,20,21). The maximum Gasteiger partial charge on any atom is 0.365 e. The molecule has 132 valence electrons. The predicted octanol–water partition coefficient (Wildman–Crippen LogP) is 4.81. The van der Waals surface area contributed by atoms with E-state index in [9.17, 15) is 9.59 Å². The maximum atomic E-state index is 12.2. The van der Waals surface area contributed by atoms with Crippen molar-refractivity contribution in [2.45, 2.75) is 56.4 Å². The van der Waals surface area contributed by atoms with Crippen LogP contribution >= 0.6 is 23.4 Å². The SMILES string of the molecule is CC(NC(=O)NC1CCCCC1)C(SC(=O)O)c1ccc(Cl)cc1. The topological polar surface area (TPSA) is 78.4 Å². The summed E-state index contributed by atoms with van der Waals surface area (Å²) >= 11 is 6.68. The van der Waals surface area contributed by atoms with Crippen LogP contribution in [0.3, 0.4) is 0 Å². The molecule has 0 bridgehead atoms. The van der Waals surface area contributed by atoms with E-state index in [-0.39, 0.29) is 18.1 Å². The van der Waals surface area contributed by atoms with Crippen LogP contribution in [0.15, 0.2) is 24.3 Å². The van der Waals surface area contributed by atoms with Crippen LogP contribution < -0.4 is 10.6 Å². The highest BCUT2D eigenvalue weighted by molar-refractivity contribution is 8.13. The number of benzene rings is 1. The van der Waals surface area contributed by atoms with Crippen LogP contribution in [-0.2, 0) is 0 Å². The Balaban J connectivity index is 1.98. The zero-order valence-corrected chi connectivity index (χ0v) is 15.2. The second-order valence-electron chi connectivity index (χ2n) is 6.10. The van der Waals surface area contributed by atoms with Gasteiger partial charge >= 0.3 is 11.3 Å². The first-order chi connectivity index (χ1) is 11.5. The molecular weight excluding hydrogens is 348 g/mol. The lowest BCUT2D eigenvalue weighted by Gasteiger charge is -2.27. The van der Waals surface area contributed by atoms with E-state index in [4.69, 9.17) is 16.7 Å². The van der Waals surface area contributed by atoms with Crippen molar-refractivity contribution in [2.75, 3.05) is 0 Å². The normalized spacial score (nSPS) is 17.8. The first-order valence-electron chi connectivity index (χ1n) is 8.18.